The van der Waals surface area contributed by atoms with Gasteiger partial charge in [-0.15, -0.1) is 0 Å². The maximum Gasteiger partial charge on any atom is 0.123 e. The van der Waals surface area contributed by atoms with Crippen LogP contribution in [0.2, 0.25) is 5.02 Å². The minimum absolute atomic E-state index is 0.676. The molecule has 102 valence electrons. The first-order valence-electron chi connectivity index (χ1n) is 6.40. The van der Waals surface area contributed by atoms with Crippen LogP contribution in [0.4, 0.5) is 0 Å². The molecule has 4 heteroatoms. The Labute approximate surface area is 115 Å². The molecule has 0 fully saturated rings. The Morgan fingerprint density at radius 2 is 2.11 bits per heavy atom. The van der Waals surface area contributed by atoms with Crippen LogP contribution in [0.5, 0.6) is 5.75 Å². The normalized spacial score (nSPS) is 10.9. The van der Waals surface area contributed by atoms with Crippen LogP contribution in [-0.2, 0) is 6.54 Å². The molecule has 0 unspecified atom stereocenters. The molecule has 18 heavy (non-hydrogen) atoms. The Kier molecular flexibility index (Phi) is 7.09. The average Bonchev–Trinajstić information content (AvgIpc) is 2.32. The van der Waals surface area contributed by atoms with Gasteiger partial charge in [0.25, 0.3) is 0 Å². The Morgan fingerprint density at radius 1 is 1.33 bits per heavy atom. The molecule has 1 aromatic carbocycles. The Hall–Kier alpha value is -0.770. The topological polar surface area (TPSA) is 24.5 Å². The zero-order valence-electron chi connectivity index (χ0n) is 11.5. The lowest BCUT2D eigenvalue weighted by Crippen LogP contribution is -2.21. The minimum atomic E-state index is 0.676. The summed E-state index contributed by atoms with van der Waals surface area (Å²) >= 11 is 6.01. The highest BCUT2D eigenvalue weighted by Crippen LogP contribution is 2.22. The molecule has 0 heterocycles. The van der Waals surface area contributed by atoms with Gasteiger partial charge in [0.1, 0.15) is 5.75 Å². The summed E-state index contributed by atoms with van der Waals surface area (Å²) in [4.78, 5) is 2.19. The average molecular weight is 271 g/mol. The number of rotatable bonds is 8. The van der Waals surface area contributed by atoms with Crippen molar-refractivity contribution in [3.8, 4) is 5.75 Å². The molecular formula is C14H23ClN2O. The predicted molar refractivity (Wildman–Crippen MR) is 77.5 cm³/mol. The van der Waals surface area contributed by atoms with Gasteiger partial charge in [-0.1, -0.05) is 11.6 Å². The highest BCUT2D eigenvalue weighted by Gasteiger charge is 2.04. The maximum absolute atomic E-state index is 6.01. The summed E-state index contributed by atoms with van der Waals surface area (Å²) in [6.45, 7) is 5.55. The lowest BCUT2D eigenvalue weighted by atomic mass is 10.2. The van der Waals surface area contributed by atoms with Gasteiger partial charge in [-0.05, 0) is 58.7 Å². The van der Waals surface area contributed by atoms with E-state index in [1.54, 1.807) is 0 Å². The van der Waals surface area contributed by atoms with Gasteiger partial charge in [0.15, 0.2) is 0 Å². The number of benzene rings is 1. The maximum atomic E-state index is 6.01. The first-order valence-corrected chi connectivity index (χ1v) is 6.78. The molecule has 0 aliphatic rings. The fourth-order valence-corrected chi connectivity index (χ4v) is 1.92. The molecule has 3 nitrogen and oxygen atoms in total. The standard InChI is InChI=1S/C14H23ClN2O/c1-4-18-14-7-6-13(15)10-12(14)11-16-8-5-9-17(2)3/h6-7,10,16H,4-5,8-9,11H2,1-3H3. The highest BCUT2D eigenvalue weighted by molar-refractivity contribution is 6.30. The fraction of sp³-hybridized carbons (Fsp3) is 0.571. The third-order valence-electron chi connectivity index (χ3n) is 2.60. The third-order valence-corrected chi connectivity index (χ3v) is 2.83. The summed E-state index contributed by atoms with van der Waals surface area (Å²) in [5.41, 5.74) is 1.12. The van der Waals surface area contributed by atoms with Gasteiger partial charge < -0.3 is 15.0 Å². The molecule has 1 N–H and O–H groups in total. The quantitative estimate of drug-likeness (QED) is 0.735. The highest BCUT2D eigenvalue weighted by atomic mass is 35.5. The summed E-state index contributed by atoms with van der Waals surface area (Å²) in [5.74, 6) is 0.919. The van der Waals surface area contributed by atoms with Crippen molar-refractivity contribution in [3.63, 3.8) is 0 Å². The number of nitrogens with one attached hydrogen (secondary N) is 1. The first-order chi connectivity index (χ1) is 8.63. The number of ether oxygens (including phenoxy) is 1. The van der Waals surface area contributed by atoms with Crippen LogP contribution in [0.25, 0.3) is 0 Å². The van der Waals surface area contributed by atoms with Gasteiger partial charge in [0.2, 0.25) is 0 Å². The van der Waals surface area contributed by atoms with Crippen LogP contribution >= 0.6 is 11.6 Å². The van der Waals surface area contributed by atoms with Crippen LogP contribution < -0.4 is 10.1 Å². The smallest absolute Gasteiger partial charge is 0.123 e. The van der Waals surface area contributed by atoms with E-state index >= 15 is 0 Å². The number of nitrogens with zero attached hydrogens (tertiary/aromatic N) is 1. The Bertz CT molecular complexity index is 356. The van der Waals surface area contributed by atoms with E-state index in [2.05, 4.69) is 24.3 Å². The molecule has 0 spiro atoms. The molecule has 1 rings (SSSR count). The van der Waals surface area contributed by atoms with E-state index in [0.29, 0.717) is 6.61 Å². The monoisotopic (exact) mass is 270 g/mol. The first kappa shape index (κ1) is 15.3. The van der Waals surface area contributed by atoms with Crippen molar-refractivity contribution in [2.75, 3.05) is 33.8 Å². The number of hydrogen-bond acceptors (Lipinski definition) is 3. The van der Waals surface area contributed by atoms with E-state index in [1.165, 1.54) is 0 Å². The molecule has 0 aliphatic carbocycles. The van der Waals surface area contributed by atoms with Crippen molar-refractivity contribution in [1.82, 2.24) is 10.2 Å². The van der Waals surface area contributed by atoms with Crippen molar-refractivity contribution in [2.45, 2.75) is 19.9 Å². The van der Waals surface area contributed by atoms with Crippen molar-refractivity contribution in [1.29, 1.82) is 0 Å². The summed E-state index contributed by atoms with van der Waals surface area (Å²) in [6.07, 6.45) is 1.14. The van der Waals surface area contributed by atoms with E-state index in [0.717, 1.165) is 42.4 Å². The molecule has 0 amide bonds. The van der Waals surface area contributed by atoms with Gasteiger partial charge in [-0.25, -0.2) is 0 Å². The summed E-state index contributed by atoms with van der Waals surface area (Å²) in [6, 6.07) is 5.76. The largest absolute Gasteiger partial charge is 0.494 e. The lowest BCUT2D eigenvalue weighted by Gasteiger charge is -2.12. The van der Waals surface area contributed by atoms with Crippen LogP contribution in [0.15, 0.2) is 18.2 Å². The third kappa shape index (κ3) is 5.71. The predicted octanol–water partition coefficient (Wildman–Crippen LogP) is 2.78. The van der Waals surface area contributed by atoms with E-state index < -0.39 is 0 Å². The van der Waals surface area contributed by atoms with Gasteiger partial charge in [0, 0.05) is 17.1 Å². The van der Waals surface area contributed by atoms with Crippen molar-refractivity contribution >= 4 is 11.6 Å². The van der Waals surface area contributed by atoms with E-state index in [1.807, 2.05) is 25.1 Å². The summed E-state index contributed by atoms with van der Waals surface area (Å²) in [5, 5.41) is 4.17. The Balaban J connectivity index is 2.42. The fourth-order valence-electron chi connectivity index (χ4n) is 1.73. The van der Waals surface area contributed by atoms with Crippen molar-refractivity contribution in [3.05, 3.63) is 28.8 Å². The molecule has 0 aliphatic heterocycles. The number of halogens is 1. The van der Waals surface area contributed by atoms with E-state index in [4.69, 9.17) is 16.3 Å². The summed E-state index contributed by atoms with van der Waals surface area (Å²) in [7, 11) is 4.17. The zero-order chi connectivity index (χ0) is 13.4. The molecule has 0 aromatic heterocycles. The second-order valence-electron chi connectivity index (χ2n) is 4.52. The second-order valence-corrected chi connectivity index (χ2v) is 4.96. The van der Waals surface area contributed by atoms with Crippen molar-refractivity contribution < 1.29 is 4.74 Å². The molecular weight excluding hydrogens is 248 g/mol. The SMILES string of the molecule is CCOc1ccc(Cl)cc1CNCCCN(C)C. The minimum Gasteiger partial charge on any atom is -0.494 e. The van der Waals surface area contributed by atoms with Crippen LogP contribution in [0.1, 0.15) is 18.9 Å². The summed E-state index contributed by atoms with van der Waals surface area (Å²) < 4.78 is 5.58. The van der Waals surface area contributed by atoms with Crippen LogP contribution in [-0.4, -0.2) is 38.7 Å². The Morgan fingerprint density at radius 3 is 2.78 bits per heavy atom. The van der Waals surface area contributed by atoms with Gasteiger partial charge >= 0.3 is 0 Å². The molecule has 0 saturated carbocycles. The molecule has 0 radical (unpaired) electrons. The van der Waals surface area contributed by atoms with Gasteiger partial charge in [-0.3, -0.25) is 0 Å². The molecule has 0 atom stereocenters. The molecule has 0 bridgehead atoms. The molecule has 1 aromatic rings. The molecule has 0 saturated heterocycles. The zero-order valence-corrected chi connectivity index (χ0v) is 12.3. The van der Waals surface area contributed by atoms with E-state index in [9.17, 15) is 0 Å². The van der Waals surface area contributed by atoms with E-state index in [-0.39, 0.29) is 0 Å². The van der Waals surface area contributed by atoms with Crippen molar-refractivity contribution in [2.24, 2.45) is 0 Å². The lowest BCUT2D eigenvalue weighted by molar-refractivity contribution is 0.335. The van der Waals surface area contributed by atoms with Gasteiger partial charge in [-0.2, -0.15) is 0 Å². The van der Waals surface area contributed by atoms with Crippen LogP contribution in [0, 0.1) is 0 Å². The second kappa shape index (κ2) is 8.35. The van der Waals surface area contributed by atoms with Crippen LogP contribution in [0.3, 0.4) is 0 Å². The van der Waals surface area contributed by atoms with Gasteiger partial charge in [0.05, 0.1) is 6.61 Å². The number of hydrogen-bond donors (Lipinski definition) is 1.